The van der Waals surface area contributed by atoms with Crippen molar-refractivity contribution in [3.05, 3.63) is 56.8 Å². The predicted octanol–water partition coefficient (Wildman–Crippen LogP) is 4.71. The van der Waals surface area contributed by atoms with E-state index in [1.807, 2.05) is 20.8 Å². The Morgan fingerprint density at radius 1 is 1.17 bits per heavy atom. The molecular weight excluding hydrogens is 403 g/mol. The number of carbonyl (C=O) groups is 2. The lowest BCUT2D eigenvalue weighted by atomic mass is 9.94. The average Bonchev–Trinajstić information content (AvgIpc) is 3.03. The summed E-state index contributed by atoms with van der Waals surface area (Å²) in [6.45, 7) is 5.79. The van der Waals surface area contributed by atoms with Gasteiger partial charge in [-0.2, -0.15) is 18.4 Å². The van der Waals surface area contributed by atoms with Crippen molar-refractivity contribution in [3.63, 3.8) is 0 Å². The fraction of sp³-hybridized carbons (Fsp3) is 0.250. The molecule has 0 aliphatic carbocycles. The lowest BCUT2D eigenvalue weighted by Gasteiger charge is -2.15. The van der Waals surface area contributed by atoms with Gasteiger partial charge in [-0.05, 0) is 35.3 Å². The van der Waals surface area contributed by atoms with E-state index in [2.05, 4.69) is 5.32 Å². The molecule has 152 valence electrons. The number of carbonyl (C=O) groups excluding carboxylic acids is 2. The monoisotopic (exact) mass is 421 g/mol. The molecule has 5 nitrogen and oxygen atoms in total. The standard InChI is InChI=1S/C20H18F3N3O2S/c1-19(2,3)15-9-14(16(29-15)17(25)27)26-18(28)12(10-24)8-11-4-6-13(7-5-11)20(21,22)23/h4-9H,1-3H3,(H2,25,27)(H,26,28)/b12-8+. The highest BCUT2D eigenvalue weighted by molar-refractivity contribution is 7.14. The first kappa shape index (κ1) is 22.2. The Kier molecular flexibility index (Phi) is 6.18. The molecule has 0 radical (unpaired) electrons. The van der Waals surface area contributed by atoms with Crippen molar-refractivity contribution in [2.75, 3.05) is 5.32 Å². The zero-order valence-corrected chi connectivity index (χ0v) is 16.7. The van der Waals surface area contributed by atoms with Crippen LogP contribution in [0.3, 0.4) is 0 Å². The highest BCUT2D eigenvalue weighted by atomic mass is 32.1. The third-order valence-electron chi connectivity index (χ3n) is 3.86. The van der Waals surface area contributed by atoms with E-state index in [4.69, 9.17) is 5.73 Å². The van der Waals surface area contributed by atoms with Crippen LogP contribution in [0.15, 0.2) is 35.9 Å². The topological polar surface area (TPSA) is 96.0 Å². The molecule has 2 rings (SSSR count). The van der Waals surface area contributed by atoms with Crippen LogP contribution in [0.1, 0.15) is 46.4 Å². The number of alkyl halides is 3. The van der Waals surface area contributed by atoms with E-state index >= 15 is 0 Å². The van der Waals surface area contributed by atoms with E-state index in [9.17, 15) is 28.0 Å². The van der Waals surface area contributed by atoms with Crippen molar-refractivity contribution in [2.24, 2.45) is 5.73 Å². The van der Waals surface area contributed by atoms with Crippen LogP contribution in [-0.4, -0.2) is 11.8 Å². The van der Waals surface area contributed by atoms with E-state index in [0.29, 0.717) is 0 Å². The van der Waals surface area contributed by atoms with E-state index in [1.54, 1.807) is 12.1 Å². The second kappa shape index (κ2) is 8.09. The first-order chi connectivity index (χ1) is 13.3. The van der Waals surface area contributed by atoms with Gasteiger partial charge in [0.25, 0.3) is 11.8 Å². The Balaban J connectivity index is 2.31. The molecule has 1 aromatic heterocycles. The van der Waals surface area contributed by atoms with Gasteiger partial charge in [-0.25, -0.2) is 0 Å². The fourth-order valence-electron chi connectivity index (χ4n) is 2.31. The number of thiophene rings is 1. The first-order valence-corrected chi connectivity index (χ1v) is 9.19. The second-order valence-electron chi connectivity index (χ2n) is 7.21. The number of hydrogen-bond donors (Lipinski definition) is 2. The van der Waals surface area contributed by atoms with Crippen LogP contribution in [0.25, 0.3) is 6.08 Å². The molecule has 29 heavy (non-hydrogen) atoms. The summed E-state index contributed by atoms with van der Waals surface area (Å²) in [7, 11) is 0. The maximum Gasteiger partial charge on any atom is 0.416 e. The van der Waals surface area contributed by atoms with Gasteiger partial charge in [0.15, 0.2) is 0 Å². The summed E-state index contributed by atoms with van der Waals surface area (Å²) in [4.78, 5) is 25.1. The van der Waals surface area contributed by atoms with E-state index in [0.717, 1.165) is 46.6 Å². The van der Waals surface area contributed by atoms with E-state index in [1.165, 1.54) is 0 Å². The fourth-order valence-corrected chi connectivity index (χ4v) is 3.33. The molecule has 0 saturated carbocycles. The summed E-state index contributed by atoms with van der Waals surface area (Å²) >= 11 is 1.15. The van der Waals surface area contributed by atoms with Gasteiger partial charge in [0.2, 0.25) is 0 Å². The minimum absolute atomic E-state index is 0.148. The Labute approximate surface area is 169 Å². The zero-order chi connectivity index (χ0) is 22.0. The Hall–Kier alpha value is -3.12. The molecule has 1 aromatic carbocycles. The minimum Gasteiger partial charge on any atom is -0.365 e. The number of rotatable bonds is 4. The van der Waals surface area contributed by atoms with Crippen molar-refractivity contribution in [2.45, 2.75) is 32.4 Å². The lowest BCUT2D eigenvalue weighted by molar-refractivity contribution is -0.137. The van der Waals surface area contributed by atoms with Crippen molar-refractivity contribution < 1.29 is 22.8 Å². The Morgan fingerprint density at radius 2 is 1.76 bits per heavy atom. The van der Waals surface area contributed by atoms with Gasteiger partial charge in [0.05, 0.1) is 11.3 Å². The van der Waals surface area contributed by atoms with Gasteiger partial charge in [-0.1, -0.05) is 32.9 Å². The minimum atomic E-state index is -4.48. The number of primary amides is 1. The van der Waals surface area contributed by atoms with Gasteiger partial charge in [0.1, 0.15) is 16.5 Å². The van der Waals surface area contributed by atoms with Crippen molar-refractivity contribution in [1.82, 2.24) is 0 Å². The molecule has 2 amide bonds. The first-order valence-electron chi connectivity index (χ1n) is 8.37. The third-order valence-corrected chi connectivity index (χ3v) is 5.43. The molecule has 9 heteroatoms. The van der Waals surface area contributed by atoms with Gasteiger partial charge < -0.3 is 11.1 Å². The van der Waals surface area contributed by atoms with E-state index in [-0.39, 0.29) is 27.1 Å². The smallest absolute Gasteiger partial charge is 0.365 e. The average molecular weight is 421 g/mol. The van der Waals surface area contributed by atoms with Crippen molar-refractivity contribution >= 4 is 34.9 Å². The molecular formula is C20H18F3N3O2S. The molecule has 1 heterocycles. The number of nitrogens with zero attached hydrogens (tertiary/aromatic N) is 1. The summed E-state index contributed by atoms with van der Waals surface area (Å²) in [6, 6.07) is 7.37. The normalized spacial score (nSPS) is 12.4. The van der Waals surface area contributed by atoms with Crippen molar-refractivity contribution in [3.8, 4) is 6.07 Å². The van der Waals surface area contributed by atoms with Crippen LogP contribution in [-0.2, 0) is 16.4 Å². The zero-order valence-electron chi connectivity index (χ0n) is 15.8. The number of amides is 2. The number of benzene rings is 1. The number of hydrogen-bond acceptors (Lipinski definition) is 4. The molecule has 0 atom stereocenters. The van der Waals surface area contributed by atoms with Gasteiger partial charge in [-0.3, -0.25) is 9.59 Å². The quantitative estimate of drug-likeness (QED) is 0.553. The maximum absolute atomic E-state index is 12.6. The molecule has 0 fully saturated rings. The van der Waals surface area contributed by atoms with E-state index < -0.39 is 23.6 Å². The van der Waals surface area contributed by atoms with Crippen LogP contribution in [0, 0.1) is 11.3 Å². The molecule has 0 unspecified atom stereocenters. The SMILES string of the molecule is CC(C)(C)c1cc(NC(=O)/C(C#N)=C/c2ccc(C(F)(F)F)cc2)c(C(N)=O)s1. The van der Waals surface area contributed by atoms with Crippen LogP contribution in [0.4, 0.5) is 18.9 Å². The molecule has 0 bridgehead atoms. The van der Waals surface area contributed by atoms with Crippen molar-refractivity contribution in [1.29, 1.82) is 5.26 Å². The Morgan fingerprint density at radius 3 is 2.21 bits per heavy atom. The van der Waals surface area contributed by atoms with Gasteiger partial charge in [-0.15, -0.1) is 11.3 Å². The number of nitrogens with one attached hydrogen (secondary N) is 1. The van der Waals surface area contributed by atoms with Crippen LogP contribution < -0.4 is 11.1 Å². The lowest BCUT2D eigenvalue weighted by Crippen LogP contribution is -2.17. The number of anilines is 1. The maximum atomic E-state index is 12.6. The van der Waals surface area contributed by atoms with Gasteiger partial charge >= 0.3 is 6.18 Å². The number of halogens is 3. The highest BCUT2D eigenvalue weighted by Crippen LogP contribution is 2.35. The Bertz CT molecular complexity index is 1010. The molecule has 0 saturated heterocycles. The second-order valence-corrected chi connectivity index (χ2v) is 8.26. The summed E-state index contributed by atoms with van der Waals surface area (Å²) < 4.78 is 37.9. The highest BCUT2D eigenvalue weighted by Gasteiger charge is 2.30. The predicted molar refractivity (Wildman–Crippen MR) is 105 cm³/mol. The molecule has 2 aromatic rings. The summed E-state index contributed by atoms with van der Waals surface area (Å²) in [6.07, 6.45) is -3.32. The summed E-state index contributed by atoms with van der Waals surface area (Å²) in [5, 5.41) is 11.8. The molecule has 0 aliphatic heterocycles. The van der Waals surface area contributed by atoms with Crippen LogP contribution in [0.2, 0.25) is 0 Å². The molecule has 0 spiro atoms. The number of nitrogens with two attached hydrogens (primary N) is 1. The largest absolute Gasteiger partial charge is 0.416 e. The number of nitriles is 1. The summed E-state index contributed by atoms with van der Waals surface area (Å²) in [5.74, 6) is -1.51. The van der Waals surface area contributed by atoms with Gasteiger partial charge in [0, 0.05) is 4.88 Å². The third kappa shape index (κ3) is 5.45. The molecule has 3 N–H and O–H groups in total. The summed E-state index contributed by atoms with van der Waals surface area (Å²) in [5.41, 5.74) is 4.36. The van der Waals surface area contributed by atoms with Crippen LogP contribution >= 0.6 is 11.3 Å². The molecule has 0 aliphatic rings. The van der Waals surface area contributed by atoms with Crippen LogP contribution in [0.5, 0.6) is 0 Å².